The molecule has 0 spiro atoms. The first-order valence-corrected chi connectivity index (χ1v) is 9.82. The predicted molar refractivity (Wildman–Crippen MR) is 86.4 cm³/mol. The quantitative estimate of drug-likeness (QED) is 0.841. The average molecular weight is 317 g/mol. The van der Waals surface area contributed by atoms with Crippen molar-refractivity contribution in [3.63, 3.8) is 0 Å². The lowest BCUT2D eigenvalue weighted by atomic mass is 9.99. The first-order valence-electron chi connectivity index (χ1n) is 8.42. The molecular formula is C15H31N3O2S. The van der Waals surface area contributed by atoms with E-state index in [1.807, 2.05) is 20.8 Å². The van der Waals surface area contributed by atoms with Gasteiger partial charge in [-0.3, -0.25) is 0 Å². The van der Waals surface area contributed by atoms with Crippen molar-refractivity contribution in [1.29, 1.82) is 0 Å². The second-order valence-corrected chi connectivity index (χ2v) is 8.67. The van der Waals surface area contributed by atoms with Crippen molar-refractivity contribution in [3.05, 3.63) is 0 Å². The summed E-state index contributed by atoms with van der Waals surface area (Å²) in [6.45, 7) is 9.34. The Morgan fingerprint density at radius 2 is 2.00 bits per heavy atom. The van der Waals surface area contributed by atoms with E-state index in [-0.39, 0.29) is 12.1 Å². The van der Waals surface area contributed by atoms with Crippen LogP contribution in [-0.4, -0.2) is 55.3 Å². The lowest BCUT2D eigenvalue weighted by molar-refractivity contribution is 0.213. The van der Waals surface area contributed by atoms with Crippen LogP contribution in [0, 0.1) is 5.92 Å². The zero-order valence-corrected chi connectivity index (χ0v) is 14.5. The van der Waals surface area contributed by atoms with E-state index in [4.69, 9.17) is 0 Å². The Labute approximate surface area is 130 Å². The first kappa shape index (κ1) is 17.2. The molecule has 0 aromatic carbocycles. The third kappa shape index (κ3) is 4.18. The van der Waals surface area contributed by atoms with E-state index in [9.17, 15) is 8.42 Å². The molecule has 2 aliphatic rings. The molecule has 2 saturated heterocycles. The van der Waals surface area contributed by atoms with Gasteiger partial charge in [0.25, 0.3) is 10.2 Å². The van der Waals surface area contributed by atoms with Gasteiger partial charge in [-0.15, -0.1) is 0 Å². The fourth-order valence-corrected chi connectivity index (χ4v) is 5.58. The molecule has 2 heterocycles. The highest BCUT2D eigenvalue weighted by Crippen LogP contribution is 2.25. The van der Waals surface area contributed by atoms with Gasteiger partial charge in [0.15, 0.2) is 0 Å². The summed E-state index contributed by atoms with van der Waals surface area (Å²) < 4.78 is 29.5. The van der Waals surface area contributed by atoms with Crippen LogP contribution in [0.3, 0.4) is 0 Å². The van der Waals surface area contributed by atoms with Gasteiger partial charge in [-0.1, -0.05) is 6.42 Å². The third-order valence-corrected chi connectivity index (χ3v) is 7.05. The highest BCUT2D eigenvalue weighted by atomic mass is 32.2. The third-order valence-electron chi connectivity index (χ3n) is 4.75. The summed E-state index contributed by atoms with van der Waals surface area (Å²) in [5.41, 5.74) is 0. The van der Waals surface area contributed by atoms with Gasteiger partial charge in [0.1, 0.15) is 0 Å². The molecule has 2 atom stereocenters. The zero-order chi connectivity index (χ0) is 15.5. The molecule has 5 nitrogen and oxygen atoms in total. The van der Waals surface area contributed by atoms with E-state index in [1.165, 1.54) is 0 Å². The van der Waals surface area contributed by atoms with Gasteiger partial charge in [0, 0.05) is 25.2 Å². The molecule has 1 N–H and O–H groups in total. The smallest absolute Gasteiger partial charge is 0.282 e. The molecule has 0 radical (unpaired) electrons. The number of piperidine rings is 2. The Morgan fingerprint density at radius 1 is 1.24 bits per heavy atom. The van der Waals surface area contributed by atoms with Crippen LogP contribution in [0.25, 0.3) is 0 Å². The molecule has 0 bridgehead atoms. The summed E-state index contributed by atoms with van der Waals surface area (Å²) in [4.78, 5) is 0. The molecule has 0 aromatic rings. The summed E-state index contributed by atoms with van der Waals surface area (Å²) in [5, 5.41) is 3.38. The molecule has 124 valence electrons. The van der Waals surface area contributed by atoms with Crippen LogP contribution in [0.15, 0.2) is 0 Å². The Bertz CT molecular complexity index is 419. The average Bonchev–Trinajstić information content (AvgIpc) is 2.45. The van der Waals surface area contributed by atoms with Gasteiger partial charge in [0.05, 0.1) is 0 Å². The van der Waals surface area contributed by atoms with Crippen molar-refractivity contribution < 1.29 is 8.42 Å². The van der Waals surface area contributed by atoms with Crippen LogP contribution in [-0.2, 0) is 10.2 Å². The minimum absolute atomic E-state index is 0.0195. The van der Waals surface area contributed by atoms with Crippen LogP contribution < -0.4 is 5.32 Å². The summed E-state index contributed by atoms with van der Waals surface area (Å²) >= 11 is 0. The van der Waals surface area contributed by atoms with E-state index in [1.54, 1.807) is 8.61 Å². The normalized spacial score (nSPS) is 29.2. The Balaban J connectivity index is 2.11. The van der Waals surface area contributed by atoms with Crippen molar-refractivity contribution in [2.75, 3.05) is 26.2 Å². The van der Waals surface area contributed by atoms with Gasteiger partial charge in [-0.2, -0.15) is 17.0 Å². The second kappa shape index (κ2) is 7.40. The first-order chi connectivity index (χ1) is 9.93. The fraction of sp³-hybridized carbons (Fsp3) is 1.00. The summed E-state index contributed by atoms with van der Waals surface area (Å²) in [7, 11) is -3.33. The van der Waals surface area contributed by atoms with Crippen LogP contribution >= 0.6 is 0 Å². The van der Waals surface area contributed by atoms with Gasteiger partial charge in [0.2, 0.25) is 0 Å². The van der Waals surface area contributed by atoms with Crippen LogP contribution in [0.1, 0.15) is 52.9 Å². The van der Waals surface area contributed by atoms with Crippen molar-refractivity contribution in [3.8, 4) is 0 Å². The van der Waals surface area contributed by atoms with E-state index in [0.717, 1.165) is 45.2 Å². The Kier molecular flexibility index (Phi) is 6.05. The summed E-state index contributed by atoms with van der Waals surface area (Å²) in [6.07, 6.45) is 5.39. The summed E-state index contributed by atoms with van der Waals surface area (Å²) in [6, 6.07) is 0.153. The molecule has 2 aliphatic heterocycles. The minimum Gasteiger partial charge on any atom is -0.316 e. The maximum absolute atomic E-state index is 13.0. The Hall–Kier alpha value is -0.170. The molecule has 6 heteroatoms. The van der Waals surface area contributed by atoms with E-state index in [2.05, 4.69) is 5.32 Å². The van der Waals surface area contributed by atoms with Crippen LogP contribution in [0.2, 0.25) is 0 Å². The molecular weight excluding hydrogens is 286 g/mol. The second-order valence-electron chi connectivity index (χ2n) is 6.84. The molecule has 0 saturated carbocycles. The zero-order valence-electron chi connectivity index (χ0n) is 13.7. The molecule has 2 rings (SSSR count). The van der Waals surface area contributed by atoms with Crippen molar-refractivity contribution >= 4 is 10.2 Å². The highest BCUT2D eigenvalue weighted by Gasteiger charge is 2.37. The SMILES string of the molecule is CC(C)N(CC1CCCNC1)S(=O)(=O)N1CCCCC1C. The molecule has 2 unspecified atom stereocenters. The van der Waals surface area contributed by atoms with Crippen LogP contribution in [0.5, 0.6) is 0 Å². The van der Waals surface area contributed by atoms with Crippen LogP contribution in [0.4, 0.5) is 0 Å². The minimum atomic E-state index is -3.33. The van der Waals surface area contributed by atoms with Gasteiger partial charge in [-0.05, 0) is 65.5 Å². The van der Waals surface area contributed by atoms with Crippen molar-refractivity contribution in [2.45, 2.75) is 65.0 Å². The van der Waals surface area contributed by atoms with E-state index >= 15 is 0 Å². The largest absolute Gasteiger partial charge is 0.316 e. The predicted octanol–water partition coefficient (Wildman–Crippen LogP) is 1.82. The number of hydrogen-bond acceptors (Lipinski definition) is 3. The van der Waals surface area contributed by atoms with Crippen molar-refractivity contribution in [2.24, 2.45) is 5.92 Å². The highest BCUT2D eigenvalue weighted by molar-refractivity contribution is 7.86. The standard InChI is InChI=1S/C15H31N3O2S/c1-13(2)18(12-15-8-6-9-16-11-15)21(19,20)17-10-5-4-7-14(17)3/h13-16H,4-12H2,1-3H3. The van der Waals surface area contributed by atoms with Gasteiger partial charge in [-0.25, -0.2) is 0 Å². The molecule has 0 aromatic heterocycles. The van der Waals surface area contributed by atoms with E-state index in [0.29, 0.717) is 19.0 Å². The molecule has 21 heavy (non-hydrogen) atoms. The van der Waals surface area contributed by atoms with Gasteiger partial charge < -0.3 is 5.32 Å². The number of rotatable bonds is 5. The lowest BCUT2D eigenvalue weighted by Crippen LogP contribution is -2.53. The summed E-state index contributed by atoms with van der Waals surface area (Å²) in [5.74, 6) is 0.441. The number of nitrogens with zero attached hydrogens (tertiary/aromatic N) is 2. The maximum Gasteiger partial charge on any atom is 0.282 e. The number of hydrogen-bond donors (Lipinski definition) is 1. The van der Waals surface area contributed by atoms with E-state index < -0.39 is 10.2 Å². The monoisotopic (exact) mass is 317 g/mol. The topological polar surface area (TPSA) is 52.7 Å². The van der Waals surface area contributed by atoms with Gasteiger partial charge >= 0.3 is 0 Å². The lowest BCUT2D eigenvalue weighted by Gasteiger charge is -2.39. The maximum atomic E-state index is 13.0. The van der Waals surface area contributed by atoms with Crippen molar-refractivity contribution in [1.82, 2.24) is 13.9 Å². The molecule has 2 fully saturated rings. The molecule has 0 amide bonds. The number of nitrogens with one attached hydrogen (secondary N) is 1. The fourth-order valence-electron chi connectivity index (χ4n) is 3.45. The molecule has 0 aliphatic carbocycles. The Morgan fingerprint density at radius 3 is 2.57 bits per heavy atom.